The Morgan fingerprint density at radius 1 is 1.29 bits per heavy atom. The number of ether oxygens (including phenoxy) is 2. The smallest absolute Gasteiger partial charge is 0.420 e. The van der Waals surface area contributed by atoms with Crippen molar-refractivity contribution in [3.63, 3.8) is 0 Å². The first-order valence-electron chi connectivity index (χ1n) is 10.1. The number of fused-ring (bicyclic) bond motifs is 1. The first-order chi connectivity index (χ1) is 16.2. The normalized spacial score (nSPS) is 15.4. The molecular weight excluding hydrogens is 475 g/mol. The Hall–Kier alpha value is -3.50. The molecule has 1 amide bonds. The summed E-state index contributed by atoms with van der Waals surface area (Å²) in [6.07, 6.45) is -3.12. The second kappa shape index (κ2) is 9.40. The van der Waals surface area contributed by atoms with E-state index in [0.29, 0.717) is 16.5 Å². The van der Waals surface area contributed by atoms with Crippen LogP contribution >= 0.6 is 11.6 Å². The van der Waals surface area contributed by atoms with Gasteiger partial charge >= 0.3 is 6.18 Å². The van der Waals surface area contributed by atoms with Crippen molar-refractivity contribution in [3.05, 3.63) is 70.9 Å². The molecule has 0 spiro atoms. The number of hydrogen-bond donors (Lipinski definition) is 2. The molecule has 2 heterocycles. The highest BCUT2D eigenvalue weighted by molar-refractivity contribution is 6.33. The van der Waals surface area contributed by atoms with Crippen LogP contribution in [-0.4, -0.2) is 42.4 Å². The lowest BCUT2D eigenvalue weighted by molar-refractivity contribution is -0.138. The van der Waals surface area contributed by atoms with E-state index in [0.717, 1.165) is 19.2 Å². The quantitative estimate of drug-likeness (QED) is 0.525. The number of methoxy groups -OCH3 is 1. The number of aliphatic hydroxyl groups is 1. The molecule has 0 saturated heterocycles. The summed E-state index contributed by atoms with van der Waals surface area (Å²) in [4.78, 5) is 19.0. The third-order valence-electron chi connectivity index (χ3n) is 5.22. The Morgan fingerprint density at radius 2 is 2.09 bits per heavy atom. The van der Waals surface area contributed by atoms with Crippen LogP contribution in [0.5, 0.6) is 11.5 Å². The van der Waals surface area contributed by atoms with Crippen molar-refractivity contribution in [1.29, 1.82) is 0 Å². The van der Waals surface area contributed by atoms with Gasteiger partial charge in [-0.3, -0.25) is 4.79 Å². The van der Waals surface area contributed by atoms with Crippen molar-refractivity contribution in [1.82, 2.24) is 4.98 Å². The zero-order valence-electron chi connectivity index (χ0n) is 17.8. The number of amides is 1. The molecule has 0 saturated carbocycles. The Labute approximate surface area is 197 Å². The van der Waals surface area contributed by atoms with Gasteiger partial charge in [-0.2, -0.15) is 13.2 Å². The van der Waals surface area contributed by atoms with Gasteiger partial charge < -0.3 is 24.8 Å². The molecule has 3 aromatic rings. The second-order valence-corrected chi connectivity index (χ2v) is 7.75. The average molecular weight is 494 g/mol. The van der Waals surface area contributed by atoms with E-state index in [1.807, 2.05) is 0 Å². The van der Waals surface area contributed by atoms with Crippen molar-refractivity contribution >= 4 is 34.7 Å². The SMILES string of the molecule is COc1ccc(NC(=O)c2cccc3c2OC[C@H](CO)N3c2ncccc2Cl)cc1C(F)(F)F. The van der Waals surface area contributed by atoms with Crippen LogP contribution in [0.15, 0.2) is 54.7 Å². The van der Waals surface area contributed by atoms with Gasteiger partial charge in [-0.05, 0) is 42.5 Å². The highest BCUT2D eigenvalue weighted by Gasteiger charge is 2.35. The van der Waals surface area contributed by atoms with E-state index >= 15 is 0 Å². The zero-order chi connectivity index (χ0) is 24.5. The molecule has 0 fully saturated rings. The molecule has 7 nitrogen and oxygen atoms in total. The highest BCUT2D eigenvalue weighted by atomic mass is 35.5. The summed E-state index contributed by atoms with van der Waals surface area (Å²) in [5.74, 6) is -0.472. The first-order valence-corrected chi connectivity index (χ1v) is 10.5. The third kappa shape index (κ3) is 4.46. The van der Waals surface area contributed by atoms with E-state index in [2.05, 4.69) is 10.3 Å². The molecule has 1 aliphatic rings. The molecule has 34 heavy (non-hydrogen) atoms. The van der Waals surface area contributed by atoms with Gasteiger partial charge in [0.15, 0.2) is 11.6 Å². The summed E-state index contributed by atoms with van der Waals surface area (Å²) < 4.78 is 50.6. The molecule has 0 unspecified atom stereocenters. The maximum atomic E-state index is 13.4. The molecule has 2 N–H and O–H groups in total. The fourth-order valence-electron chi connectivity index (χ4n) is 3.68. The summed E-state index contributed by atoms with van der Waals surface area (Å²) in [7, 11) is 1.13. The number of alkyl halides is 3. The first kappa shape index (κ1) is 23.7. The van der Waals surface area contributed by atoms with Crippen molar-refractivity contribution in [2.24, 2.45) is 0 Å². The maximum absolute atomic E-state index is 13.4. The van der Waals surface area contributed by atoms with E-state index in [4.69, 9.17) is 21.1 Å². The van der Waals surface area contributed by atoms with E-state index in [1.54, 1.807) is 35.4 Å². The molecule has 1 atom stereocenters. The van der Waals surface area contributed by atoms with Gasteiger partial charge in [0, 0.05) is 11.9 Å². The Morgan fingerprint density at radius 3 is 2.76 bits per heavy atom. The molecule has 1 aliphatic heterocycles. The van der Waals surface area contributed by atoms with Gasteiger partial charge in [0.05, 0.1) is 41.6 Å². The van der Waals surface area contributed by atoms with Crippen LogP contribution in [0, 0.1) is 0 Å². The number of benzene rings is 2. The van der Waals surface area contributed by atoms with Crippen molar-refractivity contribution in [3.8, 4) is 11.5 Å². The van der Waals surface area contributed by atoms with Crippen molar-refractivity contribution in [2.45, 2.75) is 12.2 Å². The predicted octanol–water partition coefficient (Wildman–Crippen LogP) is 4.91. The summed E-state index contributed by atoms with van der Waals surface area (Å²) in [6.45, 7) is -0.240. The van der Waals surface area contributed by atoms with E-state index in [-0.39, 0.29) is 36.0 Å². The van der Waals surface area contributed by atoms with E-state index in [9.17, 15) is 23.1 Å². The van der Waals surface area contributed by atoms with Gasteiger partial charge in [0.25, 0.3) is 5.91 Å². The number of para-hydroxylation sites is 1. The number of anilines is 3. The summed E-state index contributed by atoms with van der Waals surface area (Å²) in [5.41, 5.74) is -0.551. The number of nitrogens with one attached hydrogen (secondary N) is 1. The third-order valence-corrected chi connectivity index (χ3v) is 5.52. The summed E-state index contributed by atoms with van der Waals surface area (Å²) in [6, 6.07) is 10.8. The van der Waals surface area contributed by atoms with E-state index in [1.165, 1.54) is 12.1 Å². The minimum Gasteiger partial charge on any atom is -0.496 e. The number of hydrogen-bond acceptors (Lipinski definition) is 6. The summed E-state index contributed by atoms with van der Waals surface area (Å²) >= 11 is 6.32. The van der Waals surface area contributed by atoms with Crippen LogP contribution in [0.4, 0.5) is 30.4 Å². The lowest BCUT2D eigenvalue weighted by Crippen LogP contribution is -2.43. The standard InChI is InChI=1S/C23H19ClF3N3O4/c1-33-19-8-7-13(10-16(19)23(25,26)27)29-22(32)15-4-2-6-18-20(15)34-12-14(11-31)30(18)21-17(24)5-3-9-28-21/h2-10,14,31H,11-12H2,1H3,(H,29,32)/t14-/m0/s1. The van der Waals surface area contributed by atoms with Gasteiger partial charge in [-0.1, -0.05) is 17.7 Å². The minimum atomic E-state index is -4.66. The lowest BCUT2D eigenvalue weighted by Gasteiger charge is -2.37. The Kier molecular flexibility index (Phi) is 6.54. The number of carbonyl (C=O) groups excluding carboxylic acids is 1. The maximum Gasteiger partial charge on any atom is 0.420 e. The largest absolute Gasteiger partial charge is 0.496 e. The zero-order valence-corrected chi connectivity index (χ0v) is 18.5. The second-order valence-electron chi connectivity index (χ2n) is 7.35. The highest BCUT2D eigenvalue weighted by Crippen LogP contribution is 2.43. The molecular formula is C23H19ClF3N3O4. The molecule has 2 aromatic carbocycles. The lowest BCUT2D eigenvalue weighted by atomic mass is 10.1. The Balaban J connectivity index is 1.71. The van der Waals surface area contributed by atoms with Gasteiger partial charge in [-0.25, -0.2) is 4.98 Å². The molecule has 4 rings (SSSR count). The molecule has 11 heteroatoms. The predicted molar refractivity (Wildman–Crippen MR) is 120 cm³/mol. The van der Waals surface area contributed by atoms with Crippen LogP contribution in [0.2, 0.25) is 5.02 Å². The van der Waals surface area contributed by atoms with Crippen LogP contribution in [-0.2, 0) is 6.18 Å². The molecule has 0 aliphatic carbocycles. The number of rotatable bonds is 5. The number of nitrogens with zero attached hydrogens (tertiary/aromatic N) is 2. The van der Waals surface area contributed by atoms with Crippen LogP contribution < -0.4 is 19.7 Å². The van der Waals surface area contributed by atoms with E-state index < -0.39 is 23.7 Å². The fourth-order valence-corrected chi connectivity index (χ4v) is 3.89. The minimum absolute atomic E-state index is 0.0292. The molecule has 178 valence electrons. The van der Waals surface area contributed by atoms with Crippen molar-refractivity contribution < 1.29 is 32.5 Å². The van der Waals surface area contributed by atoms with Crippen LogP contribution in [0.3, 0.4) is 0 Å². The number of pyridine rings is 1. The average Bonchev–Trinajstić information content (AvgIpc) is 2.82. The molecule has 0 radical (unpaired) electrons. The van der Waals surface area contributed by atoms with Crippen LogP contribution in [0.25, 0.3) is 0 Å². The molecule has 0 bridgehead atoms. The Bertz CT molecular complexity index is 1220. The number of halogens is 4. The topological polar surface area (TPSA) is 83.9 Å². The number of aliphatic hydroxyl groups excluding tert-OH is 1. The molecule has 1 aromatic heterocycles. The number of aromatic nitrogens is 1. The van der Waals surface area contributed by atoms with Gasteiger partial charge in [-0.15, -0.1) is 0 Å². The summed E-state index contributed by atoms with van der Waals surface area (Å²) in [5, 5.41) is 12.7. The monoisotopic (exact) mass is 493 g/mol. The van der Waals surface area contributed by atoms with Gasteiger partial charge in [0.2, 0.25) is 0 Å². The van der Waals surface area contributed by atoms with Crippen molar-refractivity contribution in [2.75, 3.05) is 30.5 Å². The van der Waals surface area contributed by atoms with Crippen LogP contribution in [0.1, 0.15) is 15.9 Å². The van der Waals surface area contributed by atoms with Gasteiger partial charge in [0.1, 0.15) is 12.4 Å². The fraction of sp³-hybridized carbons (Fsp3) is 0.217. The number of carbonyl (C=O) groups is 1.